The van der Waals surface area contributed by atoms with E-state index in [9.17, 15) is 0 Å². The lowest BCUT2D eigenvalue weighted by atomic mass is 9.92. The molecule has 2 atom stereocenters. The maximum Gasteiger partial charge on any atom is 0.163 e. The van der Waals surface area contributed by atoms with Gasteiger partial charge in [-0.2, -0.15) is 5.10 Å². The van der Waals surface area contributed by atoms with Gasteiger partial charge in [0.05, 0.1) is 18.1 Å². The minimum absolute atomic E-state index is 0.604. The number of fused-ring (bicyclic) bond motifs is 1. The van der Waals surface area contributed by atoms with Gasteiger partial charge in [-0.3, -0.25) is 0 Å². The second kappa shape index (κ2) is 6.64. The predicted octanol–water partition coefficient (Wildman–Crippen LogP) is 4.01. The molecule has 0 spiro atoms. The molecule has 1 aliphatic rings. The van der Waals surface area contributed by atoms with E-state index in [1.54, 1.807) is 6.33 Å². The number of hydrogen-bond donors (Lipinski definition) is 0. The molecule has 1 aromatic carbocycles. The van der Waals surface area contributed by atoms with E-state index in [1.165, 1.54) is 6.42 Å². The van der Waals surface area contributed by atoms with Crippen molar-refractivity contribution in [1.29, 1.82) is 0 Å². The molecule has 6 heteroatoms. The van der Waals surface area contributed by atoms with Crippen LogP contribution < -0.4 is 4.90 Å². The van der Waals surface area contributed by atoms with Crippen LogP contribution >= 0.6 is 11.6 Å². The van der Waals surface area contributed by atoms with Crippen molar-refractivity contribution >= 4 is 28.5 Å². The lowest BCUT2D eigenvalue weighted by Crippen LogP contribution is -2.39. The van der Waals surface area contributed by atoms with Gasteiger partial charge in [0.2, 0.25) is 0 Å². The van der Waals surface area contributed by atoms with Crippen LogP contribution in [0.1, 0.15) is 25.8 Å². The van der Waals surface area contributed by atoms with E-state index in [0.29, 0.717) is 18.4 Å². The molecule has 0 radical (unpaired) electrons. The molecule has 3 heterocycles. The van der Waals surface area contributed by atoms with Crippen LogP contribution in [-0.2, 0) is 6.54 Å². The van der Waals surface area contributed by atoms with E-state index in [1.807, 2.05) is 35.1 Å². The molecular formula is C19H22ClN5. The van der Waals surface area contributed by atoms with Crippen molar-refractivity contribution in [3.05, 3.63) is 47.4 Å². The first-order valence-corrected chi connectivity index (χ1v) is 9.14. The average molecular weight is 356 g/mol. The highest BCUT2D eigenvalue weighted by atomic mass is 35.5. The largest absolute Gasteiger partial charge is 0.355 e. The van der Waals surface area contributed by atoms with E-state index >= 15 is 0 Å². The number of nitrogens with zero attached hydrogens (tertiary/aromatic N) is 5. The fraction of sp³-hybridized carbons (Fsp3) is 0.421. The lowest BCUT2D eigenvalue weighted by molar-refractivity contribution is 0.356. The van der Waals surface area contributed by atoms with Gasteiger partial charge in [0.25, 0.3) is 0 Å². The molecule has 0 unspecified atom stereocenters. The number of hydrogen-bond acceptors (Lipinski definition) is 4. The van der Waals surface area contributed by atoms with Crippen LogP contribution in [0.25, 0.3) is 11.0 Å². The number of anilines is 1. The van der Waals surface area contributed by atoms with Gasteiger partial charge in [0.15, 0.2) is 5.65 Å². The maximum absolute atomic E-state index is 6.30. The lowest BCUT2D eigenvalue weighted by Gasteiger charge is -2.35. The van der Waals surface area contributed by atoms with Gasteiger partial charge in [0, 0.05) is 18.1 Å². The summed E-state index contributed by atoms with van der Waals surface area (Å²) in [6.07, 6.45) is 4.80. The highest BCUT2D eigenvalue weighted by molar-refractivity contribution is 6.31. The number of halogens is 1. The summed E-state index contributed by atoms with van der Waals surface area (Å²) in [5.74, 6) is 2.34. The predicted molar refractivity (Wildman–Crippen MR) is 101 cm³/mol. The monoisotopic (exact) mass is 355 g/mol. The van der Waals surface area contributed by atoms with E-state index in [4.69, 9.17) is 11.6 Å². The van der Waals surface area contributed by atoms with Crippen LogP contribution in [0, 0.1) is 11.8 Å². The van der Waals surface area contributed by atoms with Crippen molar-refractivity contribution in [2.24, 2.45) is 11.8 Å². The highest BCUT2D eigenvalue weighted by Gasteiger charge is 2.25. The molecule has 25 heavy (non-hydrogen) atoms. The Labute approximate surface area is 152 Å². The van der Waals surface area contributed by atoms with Crippen LogP contribution in [-0.4, -0.2) is 32.8 Å². The van der Waals surface area contributed by atoms with Crippen LogP contribution in [0.2, 0.25) is 5.02 Å². The van der Waals surface area contributed by atoms with Gasteiger partial charge in [-0.15, -0.1) is 0 Å². The topological polar surface area (TPSA) is 46.8 Å². The molecule has 1 fully saturated rings. The number of piperidine rings is 1. The van der Waals surface area contributed by atoms with Crippen LogP contribution in [0.3, 0.4) is 0 Å². The first kappa shape index (κ1) is 16.3. The fourth-order valence-electron chi connectivity index (χ4n) is 3.87. The summed E-state index contributed by atoms with van der Waals surface area (Å²) >= 11 is 6.30. The Morgan fingerprint density at radius 2 is 1.88 bits per heavy atom. The Bertz CT molecular complexity index is 880. The smallest absolute Gasteiger partial charge is 0.163 e. The zero-order valence-electron chi connectivity index (χ0n) is 14.6. The summed E-state index contributed by atoms with van der Waals surface area (Å²) < 4.78 is 1.90. The maximum atomic E-state index is 6.30. The molecule has 0 aliphatic carbocycles. The first-order chi connectivity index (χ1) is 12.1. The van der Waals surface area contributed by atoms with Gasteiger partial charge in [-0.1, -0.05) is 43.6 Å². The molecule has 2 aromatic heterocycles. The molecule has 1 aliphatic heterocycles. The normalized spacial score (nSPS) is 21.0. The zero-order chi connectivity index (χ0) is 17.4. The Kier molecular flexibility index (Phi) is 4.34. The average Bonchev–Trinajstić information content (AvgIpc) is 2.99. The molecule has 4 rings (SSSR count). The van der Waals surface area contributed by atoms with Crippen LogP contribution in [0.4, 0.5) is 5.82 Å². The van der Waals surface area contributed by atoms with E-state index in [0.717, 1.165) is 40.5 Å². The van der Waals surface area contributed by atoms with Gasteiger partial charge in [0.1, 0.15) is 12.1 Å². The van der Waals surface area contributed by atoms with Crippen LogP contribution in [0.5, 0.6) is 0 Å². The minimum Gasteiger partial charge on any atom is -0.355 e. The summed E-state index contributed by atoms with van der Waals surface area (Å²) in [6, 6.07) is 7.85. The molecule has 0 amide bonds. The van der Waals surface area contributed by atoms with E-state index in [2.05, 4.69) is 33.8 Å². The molecule has 0 saturated carbocycles. The molecule has 0 bridgehead atoms. The summed E-state index contributed by atoms with van der Waals surface area (Å²) in [7, 11) is 0. The van der Waals surface area contributed by atoms with Crippen LogP contribution in [0.15, 0.2) is 36.8 Å². The molecule has 3 aromatic rings. The molecule has 130 valence electrons. The molecular weight excluding hydrogens is 334 g/mol. The summed E-state index contributed by atoms with van der Waals surface area (Å²) in [5, 5.41) is 6.31. The minimum atomic E-state index is 0.604. The summed E-state index contributed by atoms with van der Waals surface area (Å²) in [5.41, 5.74) is 1.89. The van der Waals surface area contributed by atoms with Crippen molar-refractivity contribution in [3.63, 3.8) is 0 Å². The van der Waals surface area contributed by atoms with Crippen molar-refractivity contribution in [2.75, 3.05) is 18.0 Å². The third-order valence-corrected chi connectivity index (χ3v) is 5.23. The third kappa shape index (κ3) is 3.21. The highest BCUT2D eigenvalue weighted by Crippen LogP contribution is 2.29. The van der Waals surface area contributed by atoms with Gasteiger partial charge in [-0.05, 0) is 29.9 Å². The summed E-state index contributed by atoms with van der Waals surface area (Å²) in [6.45, 7) is 7.29. The van der Waals surface area contributed by atoms with Crippen molar-refractivity contribution in [2.45, 2.75) is 26.8 Å². The van der Waals surface area contributed by atoms with Crippen molar-refractivity contribution in [1.82, 2.24) is 19.7 Å². The Morgan fingerprint density at radius 3 is 2.64 bits per heavy atom. The second-order valence-corrected chi connectivity index (χ2v) is 7.59. The Hall–Kier alpha value is -2.14. The second-order valence-electron chi connectivity index (χ2n) is 7.18. The molecule has 5 nitrogen and oxygen atoms in total. The molecule has 0 N–H and O–H groups in total. The quantitative estimate of drug-likeness (QED) is 0.712. The Balaban J connectivity index is 1.70. The molecule has 1 saturated heterocycles. The van der Waals surface area contributed by atoms with Gasteiger partial charge in [-0.25, -0.2) is 14.6 Å². The SMILES string of the molecule is C[C@@H]1C[C@@H](C)CN(c2ncnc3c2cnn3Cc2ccccc2Cl)C1. The number of aromatic nitrogens is 4. The standard InChI is InChI=1S/C19H22ClN5/c1-13-7-14(2)10-24(9-13)18-16-8-23-25(19(16)22-12-21-18)11-15-5-3-4-6-17(15)20/h3-6,8,12-14H,7,9-11H2,1-2H3/t13-,14-/m1/s1. The van der Waals surface area contributed by atoms with Gasteiger partial charge >= 0.3 is 0 Å². The summed E-state index contributed by atoms with van der Waals surface area (Å²) in [4.78, 5) is 11.4. The van der Waals surface area contributed by atoms with Crippen molar-refractivity contribution in [3.8, 4) is 0 Å². The van der Waals surface area contributed by atoms with Crippen molar-refractivity contribution < 1.29 is 0 Å². The fourth-order valence-corrected chi connectivity index (χ4v) is 4.07. The van der Waals surface area contributed by atoms with E-state index < -0.39 is 0 Å². The van der Waals surface area contributed by atoms with Gasteiger partial charge < -0.3 is 4.90 Å². The first-order valence-electron chi connectivity index (χ1n) is 8.76. The number of benzene rings is 1. The van der Waals surface area contributed by atoms with E-state index in [-0.39, 0.29) is 0 Å². The zero-order valence-corrected chi connectivity index (χ0v) is 15.3. The third-order valence-electron chi connectivity index (χ3n) is 4.86. The Morgan fingerprint density at radius 1 is 1.12 bits per heavy atom. The number of rotatable bonds is 3.